The zero-order valence-electron chi connectivity index (χ0n) is 21.5. The minimum absolute atomic E-state index is 0.244. The second-order valence-corrected chi connectivity index (χ2v) is 11.7. The molecule has 7 nitrogen and oxygen atoms in total. The lowest BCUT2D eigenvalue weighted by Gasteiger charge is -2.32. The summed E-state index contributed by atoms with van der Waals surface area (Å²) in [6, 6.07) is 15.6. The van der Waals surface area contributed by atoms with Gasteiger partial charge in [-0.15, -0.1) is 0 Å². The van der Waals surface area contributed by atoms with Crippen LogP contribution in [0.2, 0.25) is 0 Å². The molecule has 0 atom stereocenters. The third-order valence-electron chi connectivity index (χ3n) is 6.67. The molecule has 4 rings (SSSR count). The van der Waals surface area contributed by atoms with Crippen LogP contribution in [-0.4, -0.2) is 61.2 Å². The molecule has 2 heterocycles. The summed E-state index contributed by atoms with van der Waals surface area (Å²) in [5, 5.41) is 4.52. The second-order valence-electron chi connectivity index (χ2n) is 10.0. The Labute approximate surface area is 209 Å². The van der Waals surface area contributed by atoms with Crippen LogP contribution in [0.1, 0.15) is 30.8 Å². The van der Waals surface area contributed by atoms with E-state index in [1.165, 1.54) is 5.56 Å². The van der Waals surface area contributed by atoms with Crippen LogP contribution in [0.3, 0.4) is 0 Å². The van der Waals surface area contributed by atoms with Crippen LogP contribution in [-0.2, 0) is 30.0 Å². The van der Waals surface area contributed by atoms with Crippen LogP contribution < -0.4 is 4.72 Å². The van der Waals surface area contributed by atoms with Crippen LogP contribution in [0.15, 0.2) is 53.4 Å². The van der Waals surface area contributed by atoms with Gasteiger partial charge in [0.2, 0.25) is 0 Å². The van der Waals surface area contributed by atoms with Crippen molar-refractivity contribution >= 4 is 15.7 Å². The molecule has 1 aromatic heterocycles. The largest absolute Gasteiger partial charge is 0.304 e. The molecule has 0 unspecified atom stereocenters. The van der Waals surface area contributed by atoms with Crippen molar-refractivity contribution in [2.45, 2.75) is 38.6 Å². The molecule has 2 aromatic carbocycles. The number of nitrogens with one attached hydrogen (secondary N) is 1. The van der Waals surface area contributed by atoms with E-state index in [1.807, 2.05) is 26.1 Å². The predicted molar refractivity (Wildman–Crippen MR) is 142 cm³/mol. The van der Waals surface area contributed by atoms with Gasteiger partial charge in [0.15, 0.2) is 0 Å². The van der Waals surface area contributed by atoms with Gasteiger partial charge < -0.3 is 4.90 Å². The molecule has 0 amide bonds. The zero-order chi connectivity index (χ0) is 25.2. The number of piperazine rings is 1. The van der Waals surface area contributed by atoms with Crippen LogP contribution >= 0.6 is 0 Å². The van der Waals surface area contributed by atoms with E-state index in [0.717, 1.165) is 55.2 Å². The summed E-state index contributed by atoms with van der Waals surface area (Å²) >= 11 is 0. The monoisotopic (exact) mass is 495 g/mol. The standard InChI is InChI=1S/C27H37N5O2S/c1-20(2)17-26-27(21(3)31(5)28-26)29-35(33,34)25-11-9-23(10-12-25)24-8-6-7-22(18-24)19-32-15-13-30(4)14-16-32/h6-12,18,20,29H,13-17,19H2,1-5H3. The van der Waals surface area contributed by atoms with Gasteiger partial charge in [0.25, 0.3) is 10.0 Å². The third kappa shape index (κ3) is 6.12. The molecular formula is C27H37N5O2S. The van der Waals surface area contributed by atoms with Crippen molar-refractivity contribution in [3.05, 3.63) is 65.5 Å². The Balaban J connectivity index is 1.50. The number of aryl methyl sites for hydroxylation is 1. The van der Waals surface area contributed by atoms with E-state index in [2.05, 4.69) is 64.8 Å². The van der Waals surface area contributed by atoms with Crippen LogP contribution in [0.5, 0.6) is 0 Å². The van der Waals surface area contributed by atoms with Gasteiger partial charge in [0, 0.05) is 39.8 Å². The number of rotatable bonds is 8. The molecule has 1 fully saturated rings. The molecule has 0 aliphatic carbocycles. The maximum absolute atomic E-state index is 13.2. The first-order valence-corrected chi connectivity index (χ1v) is 13.8. The second kappa shape index (κ2) is 10.5. The van der Waals surface area contributed by atoms with E-state index in [9.17, 15) is 8.42 Å². The van der Waals surface area contributed by atoms with E-state index in [-0.39, 0.29) is 4.90 Å². The van der Waals surface area contributed by atoms with Crippen molar-refractivity contribution < 1.29 is 8.42 Å². The van der Waals surface area contributed by atoms with E-state index in [4.69, 9.17) is 0 Å². The Bertz CT molecular complexity index is 1260. The van der Waals surface area contributed by atoms with Gasteiger partial charge in [-0.25, -0.2) is 8.42 Å². The van der Waals surface area contributed by atoms with Gasteiger partial charge in [-0.05, 0) is 61.2 Å². The van der Waals surface area contributed by atoms with E-state index in [1.54, 1.807) is 16.8 Å². The summed E-state index contributed by atoms with van der Waals surface area (Å²) in [5.41, 5.74) is 5.53. The fraction of sp³-hybridized carbons (Fsp3) is 0.444. The summed E-state index contributed by atoms with van der Waals surface area (Å²) in [6.45, 7) is 11.4. The Kier molecular flexibility index (Phi) is 7.64. The molecule has 188 valence electrons. The van der Waals surface area contributed by atoms with Gasteiger partial charge >= 0.3 is 0 Å². The Morgan fingerprint density at radius 1 is 0.971 bits per heavy atom. The van der Waals surface area contributed by atoms with Crippen molar-refractivity contribution in [1.82, 2.24) is 19.6 Å². The highest BCUT2D eigenvalue weighted by Gasteiger charge is 2.21. The number of nitrogens with zero attached hydrogens (tertiary/aromatic N) is 4. The number of anilines is 1. The first kappa shape index (κ1) is 25.4. The smallest absolute Gasteiger partial charge is 0.262 e. The first-order valence-electron chi connectivity index (χ1n) is 12.3. The summed E-state index contributed by atoms with van der Waals surface area (Å²) in [6.07, 6.45) is 0.711. The van der Waals surface area contributed by atoms with Gasteiger partial charge in [-0.3, -0.25) is 14.3 Å². The molecule has 0 spiro atoms. The fourth-order valence-electron chi connectivity index (χ4n) is 4.47. The number of likely N-dealkylation sites (N-methyl/N-ethyl adjacent to an activating group) is 1. The summed E-state index contributed by atoms with van der Waals surface area (Å²) in [5.74, 6) is 0.374. The quantitative estimate of drug-likeness (QED) is 0.509. The Morgan fingerprint density at radius 3 is 2.31 bits per heavy atom. The molecule has 3 aromatic rings. The molecule has 8 heteroatoms. The van der Waals surface area contributed by atoms with Crippen LogP contribution in [0, 0.1) is 12.8 Å². The molecule has 35 heavy (non-hydrogen) atoms. The number of benzene rings is 2. The van der Waals surface area contributed by atoms with Crippen LogP contribution in [0.4, 0.5) is 5.69 Å². The van der Waals surface area contributed by atoms with Gasteiger partial charge in [0.05, 0.1) is 22.0 Å². The van der Waals surface area contributed by atoms with Gasteiger partial charge in [0.1, 0.15) is 0 Å². The lowest BCUT2D eigenvalue weighted by Crippen LogP contribution is -2.43. The lowest BCUT2D eigenvalue weighted by molar-refractivity contribution is 0.148. The summed E-state index contributed by atoms with van der Waals surface area (Å²) in [7, 11) is 0.278. The van der Waals surface area contributed by atoms with Crippen molar-refractivity contribution in [3.8, 4) is 11.1 Å². The predicted octanol–water partition coefficient (Wildman–Crippen LogP) is 4.14. The highest BCUT2D eigenvalue weighted by molar-refractivity contribution is 7.92. The van der Waals surface area contributed by atoms with E-state index >= 15 is 0 Å². The number of aromatic nitrogens is 2. The molecule has 0 radical (unpaired) electrons. The highest BCUT2D eigenvalue weighted by atomic mass is 32.2. The number of sulfonamides is 1. The molecule has 1 saturated heterocycles. The lowest BCUT2D eigenvalue weighted by atomic mass is 10.0. The minimum atomic E-state index is -3.73. The minimum Gasteiger partial charge on any atom is -0.304 e. The Hall–Kier alpha value is -2.68. The average molecular weight is 496 g/mol. The highest BCUT2D eigenvalue weighted by Crippen LogP contribution is 2.27. The van der Waals surface area contributed by atoms with Crippen molar-refractivity contribution in [1.29, 1.82) is 0 Å². The molecule has 0 saturated carbocycles. The molecule has 1 N–H and O–H groups in total. The maximum atomic E-state index is 13.2. The Morgan fingerprint density at radius 2 is 1.66 bits per heavy atom. The number of hydrogen-bond acceptors (Lipinski definition) is 5. The maximum Gasteiger partial charge on any atom is 0.262 e. The molecule has 1 aliphatic rings. The van der Waals surface area contributed by atoms with Gasteiger partial charge in [-0.2, -0.15) is 5.10 Å². The van der Waals surface area contributed by atoms with Crippen molar-refractivity contribution in [3.63, 3.8) is 0 Å². The fourth-order valence-corrected chi connectivity index (χ4v) is 5.62. The summed E-state index contributed by atoms with van der Waals surface area (Å²) in [4.78, 5) is 5.08. The third-order valence-corrected chi connectivity index (χ3v) is 8.04. The van der Waals surface area contributed by atoms with Crippen molar-refractivity contribution in [2.24, 2.45) is 13.0 Å². The topological polar surface area (TPSA) is 70.5 Å². The van der Waals surface area contributed by atoms with Gasteiger partial charge in [-0.1, -0.05) is 44.2 Å². The van der Waals surface area contributed by atoms with E-state index < -0.39 is 10.0 Å². The average Bonchev–Trinajstić information content (AvgIpc) is 3.07. The zero-order valence-corrected chi connectivity index (χ0v) is 22.3. The SMILES string of the molecule is Cc1c(NS(=O)(=O)c2ccc(-c3cccc(CN4CCN(C)CC4)c3)cc2)c(CC(C)C)nn1C. The molecule has 0 bridgehead atoms. The molecule has 1 aliphatic heterocycles. The molecular weight excluding hydrogens is 458 g/mol. The van der Waals surface area contributed by atoms with Crippen LogP contribution in [0.25, 0.3) is 11.1 Å². The van der Waals surface area contributed by atoms with Crippen molar-refractivity contribution in [2.75, 3.05) is 37.9 Å². The normalized spacial score (nSPS) is 15.6. The van der Waals surface area contributed by atoms with E-state index in [0.29, 0.717) is 18.0 Å². The first-order chi connectivity index (χ1) is 16.6. The number of hydrogen-bond donors (Lipinski definition) is 1. The summed E-state index contributed by atoms with van der Waals surface area (Å²) < 4.78 is 30.9.